The number of β-lactam (4-membered cyclic amide) rings is 1. The first kappa shape index (κ1) is 9.80. The predicted molar refractivity (Wildman–Crippen MR) is 58.6 cm³/mol. The summed E-state index contributed by atoms with van der Waals surface area (Å²) < 4.78 is 0. The van der Waals surface area contributed by atoms with Crippen LogP contribution in [0.4, 0.5) is 0 Å². The third-order valence-electron chi connectivity index (χ3n) is 2.69. The molecular formula is C10H14N2OS. The van der Waals surface area contributed by atoms with Crippen molar-refractivity contribution < 1.29 is 4.79 Å². The van der Waals surface area contributed by atoms with Crippen LogP contribution in [0.5, 0.6) is 0 Å². The van der Waals surface area contributed by atoms with Crippen LogP contribution in [0.1, 0.15) is 13.8 Å². The molecule has 0 aromatic carbocycles. The normalized spacial score (nSPS) is 32.2. The summed E-state index contributed by atoms with van der Waals surface area (Å²) in [5.74, 6) is 1.01. The van der Waals surface area contributed by atoms with E-state index in [4.69, 9.17) is 5.73 Å². The Morgan fingerprint density at radius 1 is 1.64 bits per heavy atom. The van der Waals surface area contributed by atoms with Crippen molar-refractivity contribution in [3.63, 3.8) is 0 Å². The fourth-order valence-electron chi connectivity index (χ4n) is 1.83. The smallest absolute Gasteiger partial charge is 0.247 e. The molecule has 2 aliphatic heterocycles. The molecule has 2 rings (SSSR count). The molecule has 2 unspecified atom stereocenters. The molecule has 0 aromatic rings. The van der Waals surface area contributed by atoms with Gasteiger partial charge in [0, 0.05) is 11.4 Å². The molecule has 2 aliphatic rings. The van der Waals surface area contributed by atoms with E-state index in [1.807, 2.05) is 24.8 Å². The molecule has 0 aromatic heterocycles. The molecule has 3 nitrogen and oxygen atoms in total. The molecule has 0 aliphatic carbocycles. The van der Waals surface area contributed by atoms with Crippen molar-refractivity contribution in [1.82, 2.24) is 4.90 Å². The fourth-order valence-corrected chi connectivity index (χ4v) is 3.22. The van der Waals surface area contributed by atoms with Crippen LogP contribution in [0.3, 0.4) is 0 Å². The molecule has 0 saturated carbocycles. The van der Waals surface area contributed by atoms with Crippen LogP contribution in [0.15, 0.2) is 23.4 Å². The van der Waals surface area contributed by atoms with Crippen LogP contribution >= 0.6 is 11.8 Å². The number of carbonyl (C=O) groups is 1. The Balaban J connectivity index is 2.28. The molecule has 2 heterocycles. The molecule has 76 valence electrons. The van der Waals surface area contributed by atoms with Crippen LogP contribution in [0.2, 0.25) is 0 Å². The maximum Gasteiger partial charge on any atom is 0.247 e. The first-order valence-corrected chi connectivity index (χ1v) is 5.74. The second-order valence-corrected chi connectivity index (χ2v) is 4.65. The zero-order valence-electron chi connectivity index (χ0n) is 8.36. The largest absolute Gasteiger partial charge is 0.317 e. The van der Waals surface area contributed by atoms with Gasteiger partial charge >= 0.3 is 0 Å². The van der Waals surface area contributed by atoms with Gasteiger partial charge in [-0.3, -0.25) is 4.79 Å². The van der Waals surface area contributed by atoms with E-state index < -0.39 is 0 Å². The number of rotatable bonds is 1. The maximum atomic E-state index is 11.5. The average molecular weight is 210 g/mol. The maximum absolute atomic E-state index is 11.5. The van der Waals surface area contributed by atoms with E-state index >= 15 is 0 Å². The SMILES string of the molecule is C/C=C/C1=C(C)N2C(=O)C(N)C2SC1. The van der Waals surface area contributed by atoms with Gasteiger partial charge in [0.25, 0.3) is 0 Å². The Labute approximate surface area is 88.0 Å². The van der Waals surface area contributed by atoms with Gasteiger partial charge in [-0.2, -0.15) is 0 Å². The van der Waals surface area contributed by atoms with Crippen molar-refractivity contribution in [2.45, 2.75) is 25.3 Å². The molecule has 2 N–H and O–H groups in total. The lowest BCUT2D eigenvalue weighted by molar-refractivity contribution is -0.141. The van der Waals surface area contributed by atoms with E-state index in [0.717, 1.165) is 11.4 Å². The van der Waals surface area contributed by atoms with Crippen LogP contribution in [0.25, 0.3) is 0 Å². The van der Waals surface area contributed by atoms with Crippen LogP contribution in [-0.2, 0) is 4.79 Å². The molecule has 4 heteroatoms. The first-order chi connectivity index (χ1) is 6.66. The lowest BCUT2D eigenvalue weighted by atomic mass is 10.0. The zero-order valence-corrected chi connectivity index (χ0v) is 9.17. The lowest BCUT2D eigenvalue weighted by Crippen LogP contribution is -2.67. The minimum atomic E-state index is -0.290. The molecule has 2 atom stereocenters. The minimum Gasteiger partial charge on any atom is -0.317 e. The Hall–Kier alpha value is -0.740. The predicted octanol–water partition coefficient (Wildman–Crippen LogP) is 1.08. The number of hydrogen-bond acceptors (Lipinski definition) is 3. The molecule has 1 saturated heterocycles. The van der Waals surface area contributed by atoms with E-state index in [9.17, 15) is 4.79 Å². The Kier molecular flexibility index (Phi) is 2.41. The van der Waals surface area contributed by atoms with E-state index in [0.29, 0.717) is 0 Å². The molecule has 1 amide bonds. The second kappa shape index (κ2) is 3.44. The van der Waals surface area contributed by atoms with Crippen molar-refractivity contribution in [2.24, 2.45) is 5.73 Å². The van der Waals surface area contributed by atoms with Gasteiger partial charge in [0.05, 0.1) is 0 Å². The Bertz CT molecular complexity index is 335. The van der Waals surface area contributed by atoms with Gasteiger partial charge < -0.3 is 10.6 Å². The number of hydrogen-bond donors (Lipinski definition) is 1. The average Bonchev–Trinajstić information content (AvgIpc) is 2.20. The molecule has 14 heavy (non-hydrogen) atoms. The van der Waals surface area contributed by atoms with Crippen molar-refractivity contribution >= 4 is 17.7 Å². The quantitative estimate of drug-likeness (QED) is 0.659. The molecule has 0 bridgehead atoms. The summed E-state index contributed by atoms with van der Waals surface area (Å²) in [6.45, 7) is 3.98. The second-order valence-electron chi connectivity index (χ2n) is 3.55. The number of nitrogens with zero attached hydrogens (tertiary/aromatic N) is 1. The third kappa shape index (κ3) is 1.21. The van der Waals surface area contributed by atoms with Gasteiger partial charge in [-0.25, -0.2) is 0 Å². The number of nitrogens with two attached hydrogens (primary N) is 1. The highest BCUT2D eigenvalue weighted by Crippen LogP contribution is 2.39. The van der Waals surface area contributed by atoms with Crippen molar-refractivity contribution in [1.29, 1.82) is 0 Å². The van der Waals surface area contributed by atoms with Crippen LogP contribution in [-0.4, -0.2) is 28.0 Å². The zero-order chi connectivity index (χ0) is 10.3. The van der Waals surface area contributed by atoms with E-state index in [-0.39, 0.29) is 17.3 Å². The number of fused-ring (bicyclic) bond motifs is 1. The Morgan fingerprint density at radius 3 is 3.00 bits per heavy atom. The van der Waals surface area contributed by atoms with Gasteiger partial charge in [-0.05, 0) is 19.4 Å². The van der Waals surface area contributed by atoms with Gasteiger partial charge in [-0.1, -0.05) is 12.2 Å². The van der Waals surface area contributed by atoms with Crippen molar-refractivity contribution in [3.8, 4) is 0 Å². The fraction of sp³-hybridized carbons (Fsp3) is 0.500. The summed E-state index contributed by atoms with van der Waals surface area (Å²) in [6, 6.07) is -0.290. The first-order valence-electron chi connectivity index (χ1n) is 4.69. The molecule has 0 radical (unpaired) electrons. The lowest BCUT2D eigenvalue weighted by Gasteiger charge is -2.48. The van der Waals surface area contributed by atoms with E-state index in [1.165, 1.54) is 5.57 Å². The number of amides is 1. The third-order valence-corrected chi connectivity index (χ3v) is 4.01. The topological polar surface area (TPSA) is 46.3 Å². The summed E-state index contributed by atoms with van der Waals surface area (Å²) in [4.78, 5) is 13.3. The van der Waals surface area contributed by atoms with Gasteiger partial charge in [0.15, 0.2) is 0 Å². The van der Waals surface area contributed by atoms with Gasteiger partial charge in [0.1, 0.15) is 11.4 Å². The summed E-state index contributed by atoms with van der Waals surface area (Å²) in [5.41, 5.74) is 8.00. The van der Waals surface area contributed by atoms with Gasteiger partial charge in [0.2, 0.25) is 5.91 Å². The highest BCUT2D eigenvalue weighted by atomic mass is 32.2. The summed E-state index contributed by atoms with van der Waals surface area (Å²) in [6.07, 6.45) is 4.07. The van der Waals surface area contributed by atoms with Crippen molar-refractivity contribution in [3.05, 3.63) is 23.4 Å². The Morgan fingerprint density at radius 2 is 2.36 bits per heavy atom. The standard InChI is InChI=1S/C10H14N2OS/c1-3-4-7-5-14-10-8(11)9(13)12(10)6(7)2/h3-4,8,10H,5,11H2,1-2H3/b4-3+. The highest BCUT2D eigenvalue weighted by Gasteiger charge is 2.48. The number of thioether (sulfide) groups is 1. The molecular weight excluding hydrogens is 196 g/mol. The van der Waals surface area contributed by atoms with Gasteiger partial charge in [-0.15, -0.1) is 11.8 Å². The molecule has 0 spiro atoms. The van der Waals surface area contributed by atoms with Crippen LogP contribution < -0.4 is 5.73 Å². The summed E-state index contributed by atoms with van der Waals surface area (Å²) >= 11 is 1.75. The highest BCUT2D eigenvalue weighted by molar-refractivity contribution is 8.00. The summed E-state index contributed by atoms with van der Waals surface area (Å²) in [5, 5.41) is 0.177. The minimum absolute atomic E-state index is 0.0571. The number of allylic oxidation sites excluding steroid dienone is 3. The van der Waals surface area contributed by atoms with Crippen molar-refractivity contribution in [2.75, 3.05) is 5.75 Å². The number of carbonyl (C=O) groups excluding carboxylic acids is 1. The summed E-state index contributed by atoms with van der Waals surface area (Å²) in [7, 11) is 0. The monoisotopic (exact) mass is 210 g/mol. The van der Waals surface area contributed by atoms with E-state index in [1.54, 1.807) is 11.8 Å². The molecule has 1 fully saturated rings. The van der Waals surface area contributed by atoms with Crippen LogP contribution in [0, 0.1) is 0 Å². The van der Waals surface area contributed by atoms with E-state index in [2.05, 4.69) is 6.08 Å².